The monoisotopic (exact) mass is 543 g/mol. The van der Waals surface area contributed by atoms with Crippen LogP contribution in [0.2, 0.25) is 0 Å². The van der Waals surface area contributed by atoms with Crippen molar-refractivity contribution < 1.29 is 51.3 Å². The highest BCUT2D eigenvalue weighted by atomic mass is 32.2. The van der Waals surface area contributed by atoms with Crippen molar-refractivity contribution in [1.82, 2.24) is 4.72 Å². The third-order valence-corrected chi connectivity index (χ3v) is 6.73. The first kappa shape index (κ1) is 30.2. The Morgan fingerprint density at radius 2 is 1.32 bits per heavy atom. The Morgan fingerprint density at radius 1 is 0.811 bits per heavy atom. The molecule has 0 unspecified atom stereocenters. The molecule has 0 aliphatic carbocycles. The zero-order chi connectivity index (χ0) is 27.8. The highest BCUT2D eigenvalue weighted by molar-refractivity contribution is 7.89. The molecule has 206 valence electrons. The number of aryl methyl sites for hydroxylation is 1. The van der Waals surface area contributed by atoms with Gasteiger partial charge in [-0.1, -0.05) is 29.8 Å². The minimum atomic E-state index is -3.81. The summed E-state index contributed by atoms with van der Waals surface area (Å²) in [5.74, 6) is -3.33. The van der Waals surface area contributed by atoms with Crippen LogP contribution in [0.5, 0.6) is 0 Å². The quantitative estimate of drug-likeness (QED) is 0.312. The van der Waals surface area contributed by atoms with Crippen LogP contribution in [0.3, 0.4) is 0 Å². The first-order valence-electron chi connectivity index (χ1n) is 11.6. The van der Waals surface area contributed by atoms with Crippen LogP contribution >= 0.6 is 0 Å². The van der Waals surface area contributed by atoms with Gasteiger partial charge >= 0.3 is 23.9 Å². The van der Waals surface area contributed by atoms with Crippen LogP contribution in [0.1, 0.15) is 45.2 Å². The summed E-state index contributed by atoms with van der Waals surface area (Å²) in [5.41, 5.74) is 1.80. The number of hydrogen-bond acceptors (Lipinski definition) is 11. The van der Waals surface area contributed by atoms with E-state index in [0.717, 1.165) is 31.9 Å². The Labute approximate surface area is 216 Å². The molecule has 0 bridgehead atoms. The molecule has 0 spiro atoms. The summed E-state index contributed by atoms with van der Waals surface area (Å²) < 4.78 is 54.9. The van der Waals surface area contributed by atoms with Gasteiger partial charge in [0.1, 0.15) is 18.8 Å². The van der Waals surface area contributed by atoms with Crippen LogP contribution in [-0.2, 0) is 59.4 Å². The minimum absolute atomic E-state index is 0.0706. The molecule has 0 radical (unpaired) electrons. The second-order valence-corrected chi connectivity index (χ2v) is 10.6. The molecule has 1 fully saturated rings. The number of hydrogen-bond donors (Lipinski definition) is 1. The van der Waals surface area contributed by atoms with Crippen molar-refractivity contribution >= 4 is 33.9 Å². The van der Waals surface area contributed by atoms with Gasteiger partial charge < -0.3 is 23.7 Å². The fourth-order valence-corrected chi connectivity index (χ4v) is 4.87. The molecule has 1 heterocycles. The predicted molar refractivity (Wildman–Crippen MR) is 128 cm³/mol. The first-order valence-corrected chi connectivity index (χ1v) is 13.3. The maximum absolute atomic E-state index is 12.7. The van der Waals surface area contributed by atoms with Crippen molar-refractivity contribution in [3.63, 3.8) is 0 Å². The van der Waals surface area contributed by atoms with Crippen molar-refractivity contribution in [3.8, 4) is 0 Å². The third-order valence-electron chi connectivity index (χ3n) is 5.37. The van der Waals surface area contributed by atoms with E-state index >= 15 is 0 Å². The van der Waals surface area contributed by atoms with Gasteiger partial charge in [0, 0.05) is 34.2 Å². The lowest BCUT2D eigenvalue weighted by Gasteiger charge is -2.44. The van der Waals surface area contributed by atoms with E-state index in [9.17, 15) is 27.6 Å². The number of ether oxygens (including phenoxy) is 5. The topological polar surface area (TPSA) is 161 Å². The lowest BCUT2D eigenvalue weighted by atomic mass is 9.93. The highest BCUT2D eigenvalue weighted by Crippen LogP contribution is 2.31. The lowest BCUT2D eigenvalue weighted by Crippen LogP contribution is -2.62. The van der Waals surface area contributed by atoms with Crippen LogP contribution < -0.4 is 4.72 Å². The third kappa shape index (κ3) is 10.1. The van der Waals surface area contributed by atoms with Crippen LogP contribution in [0.25, 0.3) is 0 Å². The van der Waals surface area contributed by atoms with Gasteiger partial charge in [-0.2, -0.15) is 0 Å². The number of rotatable bonds is 11. The van der Waals surface area contributed by atoms with Gasteiger partial charge in [-0.25, -0.2) is 13.1 Å². The van der Waals surface area contributed by atoms with E-state index in [1.807, 2.05) is 19.1 Å². The van der Waals surface area contributed by atoms with Gasteiger partial charge in [0.2, 0.25) is 10.0 Å². The van der Waals surface area contributed by atoms with Gasteiger partial charge in [-0.3, -0.25) is 19.2 Å². The molecule has 37 heavy (non-hydrogen) atoms. The second-order valence-electron chi connectivity index (χ2n) is 8.65. The van der Waals surface area contributed by atoms with Gasteiger partial charge in [0.25, 0.3) is 0 Å². The van der Waals surface area contributed by atoms with Crippen molar-refractivity contribution in [2.75, 3.05) is 12.4 Å². The van der Waals surface area contributed by atoms with Gasteiger partial charge in [-0.15, -0.1) is 0 Å². The van der Waals surface area contributed by atoms with E-state index in [1.165, 1.54) is 6.92 Å². The van der Waals surface area contributed by atoms with E-state index in [2.05, 4.69) is 4.72 Å². The summed E-state index contributed by atoms with van der Waals surface area (Å²) in [6.45, 7) is 6.12. The normalized spacial score (nSPS) is 23.5. The van der Waals surface area contributed by atoms with Crippen LogP contribution in [0.15, 0.2) is 24.3 Å². The molecule has 5 atom stereocenters. The van der Waals surface area contributed by atoms with Gasteiger partial charge in [0.05, 0.1) is 5.75 Å². The molecular weight excluding hydrogens is 510 g/mol. The van der Waals surface area contributed by atoms with E-state index in [0.29, 0.717) is 0 Å². The summed E-state index contributed by atoms with van der Waals surface area (Å²) in [6.07, 6.45) is -6.34. The van der Waals surface area contributed by atoms with Crippen molar-refractivity contribution in [3.05, 3.63) is 35.4 Å². The summed E-state index contributed by atoms with van der Waals surface area (Å²) in [7, 11) is -3.81. The van der Waals surface area contributed by atoms with Crippen LogP contribution in [-0.4, -0.2) is 75.2 Å². The standard InChI is InChI=1S/C24H33NO11S/c1-14-6-8-19(9-7-14)12-25-37(30,31)11-10-20-22(33-16(3)27)24(35-18(5)29)23(34-17(4)28)21(36-20)13-32-15(2)26/h6-9,20-25H,10-13H2,1-5H3/t20-,21-,22+,23-,24-/m1/s1. The Balaban J connectivity index is 2.27. The molecule has 1 aliphatic rings. The van der Waals surface area contributed by atoms with Crippen LogP contribution in [0, 0.1) is 6.92 Å². The average molecular weight is 544 g/mol. The SMILES string of the molecule is CC(=O)OC[C@H]1O[C@H](CCS(=O)(=O)NCc2ccc(C)cc2)[C@H](OC(C)=O)[C@@H](OC(C)=O)[C@@H]1OC(C)=O. The van der Waals surface area contributed by atoms with Gasteiger partial charge in [-0.05, 0) is 18.9 Å². The molecule has 0 aromatic heterocycles. The number of carbonyl (C=O) groups excluding carboxylic acids is 4. The minimum Gasteiger partial charge on any atom is -0.463 e. The Morgan fingerprint density at radius 3 is 1.84 bits per heavy atom. The number of esters is 4. The van der Waals surface area contributed by atoms with Crippen molar-refractivity contribution in [2.24, 2.45) is 0 Å². The molecule has 1 N–H and O–H groups in total. The van der Waals surface area contributed by atoms with E-state index < -0.39 is 70.2 Å². The summed E-state index contributed by atoms with van der Waals surface area (Å²) in [4.78, 5) is 46.9. The smallest absolute Gasteiger partial charge is 0.303 e. The fourth-order valence-electron chi connectivity index (χ4n) is 3.79. The first-order chi connectivity index (χ1) is 17.3. The molecule has 0 amide bonds. The number of carbonyl (C=O) groups is 4. The number of nitrogens with one attached hydrogen (secondary N) is 1. The number of sulfonamides is 1. The largest absolute Gasteiger partial charge is 0.463 e. The summed E-state index contributed by atoms with van der Waals surface area (Å²) in [5, 5.41) is 0. The van der Waals surface area contributed by atoms with Gasteiger partial charge in [0.15, 0.2) is 18.3 Å². The van der Waals surface area contributed by atoms with Crippen molar-refractivity contribution in [2.45, 2.75) is 78.1 Å². The molecule has 2 rings (SSSR count). The average Bonchev–Trinajstić information content (AvgIpc) is 2.78. The second kappa shape index (κ2) is 13.5. The van der Waals surface area contributed by atoms with E-state index in [1.54, 1.807) is 12.1 Å². The molecule has 1 aliphatic heterocycles. The molecule has 1 saturated heterocycles. The van der Waals surface area contributed by atoms with Crippen LogP contribution in [0.4, 0.5) is 0 Å². The molecule has 1 aromatic rings. The summed E-state index contributed by atoms with van der Waals surface area (Å²) in [6, 6.07) is 7.33. The Hall–Kier alpha value is -3.03. The highest BCUT2D eigenvalue weighted by Gasteiger charge is 2.52. The molecule has 1 aromatic carbocycles. The maximum Gasteiger partial charge on any atom is 0.303 e. The van der Waals surface area contributed by atoms with Crippen molar-refractivity contribution in [1.29, 1.82) is 0 Å². The lowest BCUT2D eigenvalue weighted by molar-refractivity contribution is -0.252. The van der Waals surface area contributed by atoms with E-state index in [-0.39, 0.29) is 19.6 Å². The molecular formula is C24H33NO11S. The zero-order valence-electron chi connectivity index (χ0n) is 21.4. The fraction of sp³-hybridized carbons (Fsp3) is 0.583. The molecule has 12 nitrogen and oxygen atoms in total. The predicted octanol–water partition coefficient (Wildman–Crippen LogP) is 0.930. The van der Waals surface area contributed by atoms with E-state index in [4.69, 9.17) is 23.7 Å². The number of benzene rings is 1. The Kier molecular flexibility index (Phi) is 11.0. The Bertz CT molecular complexity index is 1070. The zero-order valence-corrected chi connectivity index (χ0v) is 22.2. The molecule has 0 saturated carbocycles. The summed E-state index contributed by atoms with van der Waals surface area (Å²) >= 11 is 0. The molecule has 13 heteroatoms. The maximum atomic E-state index is 12.7.